The smallest absolute Gasteiger partial charge is 0.362 e. The summed E-state index contributed by atoms with van der Waals surface area (Å²) in [6.45, 7) is 1.53. The van der Waals surface area contributed by atoms with Crippen molar-refractivity contribution in [2.75, 3.05) is 0 Å². The number of rotatable bonds is 0. The monoisotopic (exact) mass is 239 g/mol. The van der Waals surface area contributed by atoms with Crippen LogP contribution < -0.4 is 0 Å². The summed E-state index contributed by atoms with van der Waals surface area (Å²) < 4.78 is 37.5. The molecule has 1 spiro atoms. The van der Waals surface area contributed by atoms with Crippen LogP contribution in [0.25, 0.3) is 0 Å². The van der Waals surface area contributed by atoms with Gasteiger partial charge in [-0.05, 0) is 19.8 Å². The summed E-state index contributed by atoms with van der Waals surface area (Å²) in [5.41, 5.74) is -2.86. The lowest BCUT2D eigenvalue weighted by Crippen LogP contribution is -2.54. The summed E-state index contributed by atoms with van der Waals surface area (Å²) >= 11 is 1.38. The van der Waals surface area contributed by atoms with Crippen LogP contribution in [0.15, 0.2) is 4.99 Å². The Morgan fingerprint density at radius 3 is 2.40 bits per heavy atom. The number of hydrogen-bond acceptors (Lipinski definition) is 3. The van der Waals surface area contributed by atoms with Crippen LogP contribution >= 0.6 is 11.8 Å². The molecule has 0 aromatic heterocycles. The Hall–Kier alpha value is -0.230. The van der Waals surface area contributed by atoms with E-state index in [0.717, 1.165) is 19.3 Å². The molecule has 1 N–H and O–H groups in total. The van der Waals surface area contributed by atoms with Crippen LogP contribution in [0.2, 0.25) is 0 Å². The van der Waals surface area contributed by atoms with Crippen molar-refractivity contribution in [2.45, 2.75) is 49.3 Å². The van der Waals surface area contributed by atoms with Gasteiger partial charge in [-0.15, -0.1) is 11.8 Å². The highest BCUT2D eigenvalue weighted by molar-refractivity contribution is 8.15. The summed E-state index contributed by atoms with van der Waals surface area (Å²) in [5, 5.41) is 9.89. The molecule has 86 valence electrons. The molecule has 0 radical (unpaired) electrons. The van der Waals surface area contributed by atoms with Gasteiger partial charge in [0.1, 0.15) is 0 Å². The molecule has 1 heterocycles. The average molecular weight is 239 g/mol. The van der Waals surface area contributed by atoms with Crippen molar-refractivity contribution in [3.63, 3.8) is 0 Å². The molecule has 1 atom stereocenters. The zero-order valence-corrected chi connectivity index (χ0v) is 9.08. The fourth-order valence-electron chi connectivity index (χ4n) is 2.14. The SMILES string of the molecule is CC1=N[C@@](O)(C(F)(F)F)CC2(CCC2)S1. The number of aliphatic imine (C=N–C) groups is 1. The molecule has 0 unspecified atom stereocenters. The average Bonchev–Trinajstić information content (AvgIpc) is 1.97. The molecule has 1 aliphatic heterocycles. The first-order chi connectivity index (χ1) is 6.77. The van der Waals surface area contributed by atoms with Gasteiger partial charge in [-0.1, -0.05) is 6.42 Å². The highest BCUT2D eigenvalue weighted by atomic mass is 32.2. The standard InChI is InChI=1S/C9H12F3NOS/c1-6-13-8(14,9(10,11)12)5-7(15-6)3-2-4-7/h14H,2-5H2,1H3/t8-/m0/s1. The van der Waals surface area contributed by atoms with Crippen molar-refractivity contribution in [3.05, 3.63) is 0 Å². The molecular weight excluding hydrogens is 227 g/mol. The number of hydrogen-bond donors (Lipinski definition) is 1. The van der Waals surface area contributed by atoms with Crippen molar-refractivity contribution >= 4 is 16.8 Å². The van der Waals surface area contributed by atoms with Crippen LogP contribution in [0, 0.1) is 0 Å². The predicted octanol–water partition coefficient (Wildman–Crippen LogP) is 2.72. The Kier molecular flexibility index (Phi) is 2.35. The number of alkyl halides is 3. The van der Waals surface area contributed by atoms with Gasteiger partial charge >= 0.3 is 6.18 Å². The molecule has 1 fully saturated rings. The Bertz CT molecular complexity index is 311. The van der Waals surface area contributed by atoms with Crippen molar-refractivity contribution in [2.24, 2.45) is 4.99 Å². The van der Waals surface area contributed by atoms with E-state index in [0.29, 0.717) is 5.04 Å². The van der Waals surface area contributed by atoms with E-state index < -0.39 is 16.6 Å². The lowest BCUT2D eigenvalue weighted by molar-refractivity contribution is -0.263. The van der Waals surface area contributed by atoms with Crippen LogP contribution in [0.3, 0.4) is 0 Å². The zero-order chi connectivity index (χ0) is 11.3. The molecule has 0 amide bonds. The number of thioether (sulfide) groups is 1. The molecule has 2 aliphatic rings. The molecular formula is C9H12F3NOS. The topological polar surface area (TPSA) is 32.6 Å². The van der Waals surface area contributed by atoms with Crippen molar-refractivity contribution < 1.29 is 18.3 Å². The fraction of sp³-hybridized carbons (Fsp3) is 0.889. The van der Waals surface area contributed by atoms with E-state index in [4.69, 9.17) is 0 Å². The van der Waals surface area contributed by atoms with Crippen LogP contribution in [0.1, 0.15) is 32.6 Å². The van der Waals surface area contributed by atoms with Crippen LogP contribution in [-0.4, -0.2) is 26.8 Å². The quantitative estimate of drug-likeness (QED) is 0.705. The predicted molar refractivity (Wildman–Crippen MR) is 52.9 cm³/mol. The van der Waals surface area contributed by atoms with Crippen LogP contribution in [-0.2, 0) is 0 Å². The first-order valence-corrected chi connectivity index (χ1v) is 5.63. The minimum atomic E-state index is -4.67. The second kappa shape index (κ2) is 3.13. The van der Waals surface area contributed by atoms with E-state index in [1.165, 1.54) is 18.7 Å². The third-order valence-electron chi connectivity index (χ3n) is 2.99. The third-order valence-corrected chi connectivity index (χ3v) is 4.37. The normalized spacial score (nSPS) is 34.9. The number of halogens is 3. The highest BCUT2D eigenvalue weighted by Crippen LogP contribution is 2.55. The highest BCUT2D eigenvalue weighted by Gasteiger charge is 2.61. The molecule has 0 saturated heterocycles. The zero-order valence-electron chi connectivity index (χ0n) is 8.26. The molecule has 1 aliphatic carbocycles. The summed E-state index contributed by atoms with van der Waals surface area (Å²) in [6.07, 6.45) is -2.55. The van der Waals surface area contributed by atoms with Gasteiger partial charge in [0.25, 0.3) is 5.72 Å². The van der Waals surface area contributed by atoms with Crippen molar-refractivity contribution in [1.29, 1.82) is 0 Å². The number of aliphatic hydroxyl groups is 1. The largest absolute Gasteiger partial charge is 0.438 e. The van der Waals surface area contributed by atoms with E-state index in [9.17, 15) is 18.3 Å². The number of nitrogens with zero attached hydrogens (tertiary/aromatic N) is 1. The maximum Gasteiger partial charge on any atom is 0.438 e. The summed E-state index contributed by atoms with van der Waals surface area (Å²) in [4.78, 5) is 3.37. The van der Waals surface area contributed by atoms with E-state index in [1.807, 2.05) is 0 Å². The van der Waals surface area contributed by atoms with Crippen LogP contribution in [0.5, 0.6) is 0 Å². The second-order valence-electron chi connectivity index (χ2n) is 4.26. The van der Waals surface area contributed by atoms with Gasteiger partial charge in [0.05, 0.1) is 5.04 Å². The molecule has 15 heavy (non-hydrogen) atoms. The summed E-state index contributed by atoms with van der Waals surface area (Å²) in [5.74, 6) is 0. The van der Waals surface area contributed by atoms with Gasteiger partial charge in [0, 0.05) is 11.2 Å². The van der Waals surface area contributed by atoms with Gasteiger partial charge in [-0.3, -0.25) is 0 Å². The Morgan fingerprint density at radius 2 is 2.00 bits per heavy atom. The maximum absolute atomic E-state index is 12.6. The first kappa shape index (κ1) is 11.3. The fourth-order valence-corrected chi connectivity index (χ4v) is 3.72. The summed E-state index contributed by atoms with van der Waals surface area (Å²) in [6, 6.07) is 0. The lowest BCUT2D eigenvalue weighted by Gasteiger charge is -2.48. The second-order valence-corrected chi connectivity index (χ2v) is 5.92. The minimum absolute atomic E-state index is 0.300. The maximum atomic E-state index is 12.6. The van der Waals surface area contributed by atoms with Gasteiger partial charge in [0.15, 0.2) is 0 Å². The first-order valence-electron chi connectivity index (χ1n) is 4.81. The molecule has 2 nitrogen and oxygen atoms in total. The van der Waals surface area contributed by atoms with Crippen molar-refractivity contribution in [1.82, 2.24) is 0 Å². The Labute approximate surface area is 90.0 Å². The van der Waals surface area contributed by atoms with E-state index in [-0.39, 0.29) is 6.42 Å². The van der Waals surface area contributed by atoms with E-state index >= 15 is 0 Å². The summed E-state index contributed by atoms with van der Waals surface area (Å²) in [7, 11) is 0. The van der Waals surface area contributed by atoms with Crippen LogP contribution in [0.4, 0.5) is 13.2 Å². The molecule has 1 saturated carbocycles. The molecule has 0 aromatic rings. The van der Waals surface area contributed by atoms with Gasteiger partial charge < -0.3 is 5.11 Å². The van der Waals surface area contributed by atoms with Crippen molar-refractivity contribution in [3.8, 4) is 0 Å². The molecule has 2 rings (SSSR count). The lowest BCUT2D eigenvalue weighted by atomic mass is 9.78. The van der Waals surface area contributed by atoms with Gasteiger partial charge in [-0.2, -0.15) is 13.2 Å². The molecule has 0 aromatic carbocycles. The van der Waals surface area contributed by atoms with Gasteiger partial charge in [0.2, 0.25) is 0 Å². The Balaban J connectivity index is 2.30. The molecule has 0 bridgehead atoms. The minimum Gasteiger partial charge on any atom is -0.362 e. The Morgan fingerprint density at radius 1 is 1.40 bits per heavy atom. The van der Waals surface area contributed by atoms with E-state index in [2.05, 4.69) is 4.99 Å². The third kappa shape index (κ3) is 1.78. The molecule has 6 heteroatoms. The van der Waals surface area contributed by atoms with E-state index in [1.54, 1.807) is 0 Å². The van der Waals surface area contributed by atoms with Gasteiger partial charge in [-0.25, -0.2) is 4.99 Å².